The van der Waals surface area contributed by atoms with Gasteiger partial charge in [0.15, 0.2) is 0 Å². The van der Waals surface area contributed by atoms with Crippen molar-refractivity contribution in [3.05, 3.63) is 29.3 Å². The van der Waals surface area contributed by atoms with Crippen LogP contribution in [0.5, 0.6) is 0 Å². The van der Waals surface area contributed by atoms with Crippen molar-refractivity contribution in [3.8, 4) is 0 Å². The van der Waals surface area contributed by atoms with Crippen LogP contribution in [0.15, 0.2) is 18.2 Å². The second-order valence-corrected chi connectivity index (χ2v) is 4.73. The number of fused-ring (bicyclic) bond motifs is 1. The van der Waals surface area contributed by atoms with Crippen LogP contribution >= 0.6 is 0 Å². The zero-order chi connectivity index (χ0) is 14.0. The number of alkyl halides is 3. The highest BCUT2D eigenvalue weighted by molar-refractivity contribution is 5.93. The van der Waals surface area contributed by atoms with Gasteiger partial charge in [-0.1, -0.05) is 12.1 Å². The van der Waals surface area contributed by atoms with Gasteiger partial charge in [-0.25, -0.2) is 0 Å². The Bertz CT molecular complexity index is 485. The number of halogens is 3. The van der Waals surface area contributed by atoms with Gasteiger partial charge in [0.05, 0.1) is 0 Å². The first-order chi connectivity index (χ1) is 8.85. The van der Waals surface area contributed by atoms with E-state index in [1.165, 1.54) is 0 Å². The van der Waals surface area contributed by atoms with Gasteiger partial charge in [-0.05, 0) is 30.0 Å². The van der Waals surface area contributed by atoms with E-state index in [9.17, 15) is 18.0 Å². The molecule has 1 amide bonds. The molecule has 1 aromatic rings. The summed E-state index contributed by atoms with van der Waals surface area (Å²) in [5, 5.41) is 2.72. The molecule has 3 N–H and O–H groups in total. The predicted octanol–water partition coefficient (Wildman–Crippen LogP) is 2.91. The van der Waals surface area contributed by atoms with Crippen molar-refractivity contribution in [1.29, 1.82) is 0 Å². The summed E-state index contributed by atoms with van der Waals surface area (Å²) in [5.41, 5.74) is 8.11. The van der Waals surface area contributed by atoms with Crippen molar-refractivity contribution < 1.29 is 18.0 Å². The lowest BCUT2D eigenvalue weighted by molar-refractivity contribution is -0.136. The summed E-state index contributed by atoms with van der Waals surface area (Å²) in [5.74, 6) is -0.0402. The Balaban J connectivity index is 2.07. The van der Waals surface area contributed by atoms with Crippen LogP contribution in [0.2, 0.25) is 0 Å². The molecule has 1 aromatic carbocycles. The third-order valence-corrected chi connectivity index (χ3v) is 3.19. The van der Waals surface area contributed by atoms with Gasteiger partial charge in [-0.15, -0.1) is 0 Å². The van der Waals surface area contributed by atoms with Crippen LogP contribution in [0.25, 0.3) is 0 Å². The topological polar surface area (TPSA) is 55.1 Å². The first-order valence-corrected chi connectivity index (χ1v) is 6.10. The van der Waals surface area contributed by atoms with Crippen LogP contribution < -0.4 is 11.1 Å². The molecule has 0 saturated heterocycles. The van der Waals surface area contributed by atoms with Crippen molar-refractivity contribution >= 4 is 11.6 Å². The van der Waals surface area contributed by atoms with Crippen LogP contribution in [-0.2, 0) is 11.2 Å². The molecule has 0 bridgehead atoms. The Labute approximate surface area is 109 Å². The van der Waals surface area contributed by atoms with Gasteiger partial charge in [0.25, 0.3) is 0 Å². The van der Waals surface area contributed by atoms with Crippen molar-refractivity contribution in [2.24, 2.45) is 5.73 Å². The summed E-state index contributed by atoms with van der Waals surface area (Å²) in [6.45, 7) is 0. The number of carbonyl (C=O) groups excluding carboxylic acids is 1. The lowest BCUT2D eigenvalue weighted by Gasteiger charge is -2.20. The molecule has 1 heterocycles. The molecule has 3 nitrogen and oxygen atoms in total. The molecule has 19 heavy (non-hydrogen) atoms. The molecule has 1 aliphatic heterocycles. The number of hydrogen-bond acceptors (Lipinski definition) is 2. The van der Waals surface area contributed by atoms with E-state index in [-0.39, 0.29) is 12.3 Å². The lowest BCUT2D eigenvalue weighted by Crippen LogP contribution is -2.20. The summed E-state index contributed by atoms with van der Waals surface area (Å²) in [6, 6.07) is 4.53. The molecule has 0 aliphatic carbocycles. The molecule has 1 atom stereocenters. The summed E-state index contributed by atoms with van der Waals surface area (Å²) in [4.78, 5) is 11.2. The van der Waals surface area contributed by atoms with Gasteiger partial charge in [-0.2, -0.15) is 13.2 Å². The quantitative estimate of drug-likeness (QED) is 0.889. The third kappa shape index (κ3) is 3.70. The predicted molar refractivity (Wildman–Crippen MR) is 65.6 cm³/mol. The molecule has 2 rings (SSSR count). The number of anilines is 1. The normalized spacial score (nSPS) is 16.7. The molecule has 0 radical (unpaired) electrons. The molecule has 0 spiro atoms. The minimum Gasteiger partial charge on any atom is -0.326 e. The average Bonchev–Trinajstić information content (AvgIpc) is 2.34. The second kappa shape index (κ2) is 5.21. The minimum atomic E-state index is -4.18. The minimum absolute atomic E-state index is 0.0402. The number of hydrogen-bond donors (Lipinski definition) is 2. The summed E-state index contributed by atoms with van der Waals surface area (Å²) in [7, 11) is 0. The highest BCUT2D eigenvalue weighted by Crippen LogP contribution is 2.29. The fraction of sp³-hybridized carbons (Fsp3) is 0.462. The van der Waals surface area contributed by atoms with E-state index in [1.807, 2.05) is 0 Å². The van der Waals surface area contributed by atoms with Crippen molar-refractivity contribution in [2.75, 3.05) is 5.32 Å². The standard InChI is InChI=1S/C13H15F3N2O/c14-13(15,16)6-5-10(17)8-1-3-11-9(7-8)2-4-12(19)18-11/h1,3,7,10H,2,4-6,17H2,(H,18,19). The van der Waals surface area contributed by atoms with E-state index in [1.54, 1.807) is 18.2 Å². The Morgan fingerprint density at radius 1 is 1.32 bits per heavy atom. The Kier molecular flexibility index (Phi) is 3.80. The average molecular weight is 272 g/mol. The van der Waals surface area contributed by atoms with Crippen LogP contribution in [0.4, 0.5) is 18.9 Å². The monoisotopic (exact) mass is 272 g/mol. The van der Waals surface area contributed by atoms with E-state index < -0.39 is 18.6 Å². The number of nitrogens with two attached hydrogens (primary N) is 1. The SMILES string of the molecule is NC(CCC(F)(F)F)c1ccc2c(c1)CCC(=O)N2. The Morgan fingerprint density at radius 2 is 2.05 bits per heavy atom. The smallest absolute Gasteiger partial charge is 0.326 e. The first kappa shape index (κ1) is 13.9. The molecule has 104 valence electrons. The lowest BCUT2D eigenvalue weighted by atomic mass is 9.96. The van der Waals surface area contributed by atoms with Gasteiger partial charge in [0.2, 0.25) is 5.91 Å². The molecule has 0 fully saturated rings. The maximum atomic E-state index is 12.1. The third-order valence-electron chi connectivity index (χ3n) is 3.19. The first-order valence-electron chi connectivity index (χ1n) is 6.10. The van der Waals surface area contributed by atoms with E-state index >= 15 is 0 Å². The van der Waals surface area contributed by atoms with Crippen LogP contribution in [0.3, 0.4) is 0 Å². The van der Waals surface area contributed by atoms with Gasteiger partial charge in [0, 0.05) is 24.6 Å². The van der Waals surface area contributed by atoms with Crippen molar-refractivity contribution in [3.63, 3.8) is 0 Å². The molecule has 0 aromatic heterocycles. The fourth-order valence-corrected chi connectivity index (χ4v) is 2.12. The van der Waals surface area contributed by atoms with Gasteiger partial charge in [0.1, 0.15) is 0 Å². The second-order valence-electron chi connectivity index (χ2n) is 4.73. The zero-order valence-electron chi connectivity index (χ0n) is 10.3. The van der Waals surface area contributed by atoms with Crippen LogP contribution in [0.1, 0.15) is 36.4 Å². The number of rotatable bonds is 3. The van der Waals surface area contributed by atoms with E-state index in [4.69, 9.17) is 5.73 Å². The van der Waals surface area contributed by atoms with Crippen LogP contribution in [0, 0.1) is 0 Å². The molecule has 6 heteroatoms. The number of carbonyl (C=O) groups is 1. The zero-order valence-corrected chi connectivity index (χ0v) is 10.3. The van der Waals surface area contributed by atoms with E-state index in [0.29, 0.717) is 18.4 Å². The summed E-state index contributed by atoms with van der Waals surface area (Å²) >= 11 is 0. The summed E-state index contributed by atoms with van der Waals surface area (Å²) in [6.07, 6.45) is -4.20. The van der Waals surface area contributed by atoms with Gasteiger partial charge < -0.3 is 11.1 Å². The highest BCUT2D eigenvalue weighted by Gasteiger charge is 2.28. The molecule has 1 unspecified atom stereocenters. The largest absolute Gasteiger partial charge is 0.389 e. The number of benzene rings is 1. The molecule has 1 aliphatic rings. The molecular formula is C13H15F3N2O. The number of nitrogens with one attached hydrogen (secondary N) is 1. The number of aryl methyl sites for hydroxylation is 1. The fourth-order valence-electron chi connectivity index (χ4n) is 2.12. The van der Waals surface area contributed by atoms with Crippen molar-refractivity contribution in [1.82, 2.24) is 0 Å². The maximum absolute atomic E-state index is 12.1. The Morgan fingerprint density at radius 3 is 2.74 bits per heavy atom. The summed E-state index contributed by atoms with van der Waals surface area (Å²) < 4.78 is 36.4. The molecular weight excluding hydrogens is 257 g/mol. The highest BCUT2D eigenvalue weighted by atomic mass is 19.4. The van der Waals surface area contributed by atoms with Crippen molar-refractivity contribution in [2.45, 2.75) is 37.9 Å². The maximum Gasteiger partial charge on any atom is 0.389 e. The Hall–Kier alpha value is -1.56. The van der Waals surface area contributed by atoms with E-state index in [0.717, 1.165) is 11.3 Å². The van der Waals surface area contributed by atoms with Crippen LogP contribution in [-0.4, -0.2) is 12.1 Å². The van der Waals surface area contributed by atoms with Gasteiger partial charge >= 0.3 is 6.18 Å². The molecule has 0 saturated carbocycles. The number of amides is 1. The van der Waals surface area contributed by atoms with Gasteiger partial charge in [-0.3, -0.25) is 4.79 Å². The van der Waals surface area contributed by atoms with E-state index in [2.05, 4.69) is 5.32 Å².